The van der Waals surface area contributed by atoms with Crippen LogP contribution >= 0.6 is 15.9 Å². The lowest BCUT2D eigenvalue weighted by molar-refractivity contribution is -0.155. The second-order valence-corrected chi connectivity index (χ2v) is 8.37. The second-order valence-electron chi connectivity index (χ2n) is 7.52. The molecule has 9 heteroatoms. The van der Waals surface area contributed by atoms with Crippen molar-refractivity contribution in [3.05, 3.63) is 22.1 Å². The number of aryl methyl sites for hydroxylation is 1. The number of carbonyl (C=O) groups is 3. The van der Waals surface area contributed by atoms with Crippen LogP contribution < -0.4 is 0 Å². The SMILES string of the molecule is CC(=O)O[C@@H](c1cc(Br)c(CCCCO)o1)[C@@H](C)C(=O)N1C(=O)OC[C@H]1C(C)C. The molecule has 2 heterocycles. The van der Waals surface area contributed by atoms with E-state index in [1.807, 2.05) is 13.8 Å². The van der Waals surface area contributed by atoms with Gasteiger partial charge in [-0.25, -0.2) is 9.69 Å². The maximum absolute atomic E-state index is 13.1. The number of aliphatic hydroxyl groups is 1. The van der Waals surface area contributed by atoms with Crippen molar-refractivity contribution in [3.63, 3.8) is 0 Å². The zero-order valence-electron chi connectivity index (χ0n) is 17.1. The second kappa shape index (κ2) is 10.2. The van der Waals surface area contributed by atoms with Crippen LogP contribution in [-0.2, 0) is 25.5 Å². The molecule has 1 aromatic heterocycles. The van der Waals surface area contributed by atoms with E-state index in [1.165, 1.54) is 6.92 Å². The Labute approximate surface area is 178 Å². The number of esters is 1. The lowest BCUT2D eigenvalue weighted by Crippen LogP contribution is -2.45. The number of nitrogens with zero attached hydrogens (tertiary/aromatic N) is 1. The number of ether oxygens (including phenoxy) is 2. The molecule has 1 aliphatic heterocycles. The first-order valence-corrected chi connectivity index (χ1v) is 10.5. The topological polar surface area (TPSA) is 106 Å². The quantitative estimate of drug-likeness (QED) is 0.431. The van der Waals surface area contributed by atoms with E-state index in [2.05, 4.69) is 15.9 Å². The summed E-state index contributed by atoms with van der Waals surface area (Å²) in [5.41, 5.74) is 0. The Morgan fingerprint density at radius 3 is 2.62 bits per heavy atom. The molecule has 0 saturated carbocycles. The molecule has 0 bridgehead atoms. The van der Waals surface area contributed by atoms with E-state index in [-0.39, 0.29) is 25.2 Å². The number of furan rings is 1. The molecule has 3 atom stereocenters. The largest absolute Gasteiger partial charge is 0.461 e. The fourth-order valence-corrected chi connectivity index (χ4v) is 3.75. The number of carbonyl (C=O) groups excluding carboxylic acids is 3. The highest BCUT2D eigenvalue weighted by Gasteiger charge is 2.44. The minimum absolute atomic E-state index is 0.0284. The van der Waals surface area contributed by atoms with Gasteiger partial charge in [0.15, 0.2) is 6.10 Å². The zero-order valence-corrected chi connectivity index (χ0v) is 18.7. The highest BCUT2D eigenvalue weighted by atomic mass is 79.9. The van der Waals surface area contributed by atoms with Crippen molar-refractivity contribution in [2.75, 3.05) is 13.2 Å². The Balaban J connectivity index is 2.27. The summed E-state index contributed by atoms with van der Waals surface area (Å²) in [5.74, 6) is -0.901. The lowest BCUT2D eigenvalue weighted by atomic mass is 9.98. The van der Waals surface area contributed by atoms with Gasteiger partial charge >= 0.3 is 12.1 Å². The number of hydrogen-bond acceptors (Lipinski definition) is 7. The van der Waals surface area contributed by atoms with Crippen molar-refractivity contribution in [1.29, 1.82) is 0 Å². The van der Waals surface area contributed by atoms with Crippen LogP contribution in [0.15, 0.2) is 15.0 Å². The molecule has 0 unspecified atom stereocenters. The molecule has 0 aromatic carbocycles. The van der Waals surface area contributed by atoms with E-state index in [9.17, 15) is 14.4 Å². The third kappa shape index (κ3) is 5.60. The molecule has 8 nitrogen and oxygen atoms in total. The summed E-state index contributed by atoms with van der Waals surface area (Å²) in [4.78, 5) is 38.1. The van der Waals surface area contributed by atoms with Crippen molar-refractivity contribution in [2.24, 2.45) is 11.8 Å². The van der Waals surface area contributed by atoms with Crippen LogP contribution in [0, 0.1) is 11.8 Å². The van der Waals surface area contributed by atoms with Crippen molar-refractivity contribution in [3.8, 4) is 0 Å². The first kappa shape index (κ1) is 23.4. The van der Waals surface area contributed by atoms with Crippen molar-refractivity contribution in [1.82, 2.24) is 4.90 Å². The maximum atomic E-state index is 13.1. The summed E-state index contributed by atoms with van der Waals surface area (Å²) in [6.07, 6.45) is 0.282. The molecule has 162 valence electrons. The van der Waals surface area contributed by atoms with E-state index in [0.29, 0.717) is 28.8 Å². The van der Waals surface area contributed by atoms with Crippen LogP contribution in [0.5, 0.6) is 0 Å². The van der Waals surface area contributed by atoms with Gasteiger partial charge in [-0.15, -0.1) is 0 Å². The fourth-order valence-electron chi connectivity index (χ4n) is 3.25. The van der Waals surface area contributed by atoms with E-state index >= 15 is 0 Å². The van der Waals surface area contributed by atoms with Crippen LogP contribution in [0.1, 0.15) is 58.2 Å². The van der Waals surface area contributed by atoms with Crippen molar-refractivity contribution >= 4 is 33.9 Å². The zero-order chi connectivity index (χ0) is 21.7. The van der Waals surface area contributed by atoms with Gasteiger partial charge in [-0.3, -0.25) is 9.59 Å². The van der Waals surface area contributed by atoms with Crippen LogP contribution in [0.3, 0.4) is 0 Å². The Bertz CT molecular complexity index is 745. The van der Waals surface area contributed by atoms with Crippen LogP contribution in [-0.4, -0.2) is 47.2 Å². The first-order chi connectivity index (χ1) is 13.7. The molecule has 29 heavy (non-hydrogen) atoms. The lowest BCUT2D eigenvalue weighted by Gasteiger charge is -2.28. The van der Waals surface area contributed by atoms with Gasteiger partial charge < -0.3 is 19.0 Å². The van der Waals surface area contributed by atoms with Gasteiger partial charge in [0, 0.05) is 20.0 Å². The maximum Gasteiger partial charge on any atom is 0.416 e. The number of unbranched alkanes of at least 4 members (excludes halogenated alkanes) is 1. The number of rotatable bonds is 9. The fraction of sp³-hybridized carbons (Fsp3) is 0.650. The molecule has 0 spiro atoms. The molecule has 0 aliphatic carbocycles. The highest BCUT2D eigenvalue weighted by molar-refractivity contribution is 9.10. The van der Waals surface area contributed by atoms with Crippen molar-refractivity contribution in [2.45, 2.75) is 59.1 Å². The number of aliphatic hydroxyl groups excluding tert-OH is 1. The number of amides is 2. The molecule has 2 amide bonds. The van der Waals surface area contributed by atoms with Gasteiger partial charge in [0.25, 0.3) is 0 Å². The van der Waals surface area contributed by atoms with Crippen LogP contribution in [0.4, 0.5) is 4.79 Å². The van der Waals surface area contributed by atoms with Gasteiger partial charge in [0.05, 0.1) is 16.4 Å². The monoisotopic (exact) mass is 473 g/mol. The standard InChI is InChI=1S/C20H28BrNO7/c1-11(2)15-10-27-20(26)22(15)19(25)12(3)18(28-13(4)24)17-9-14(21)16(29-17)7-5-6-8-23/h9,11-12,15,18,23H,5-8,10H2,1-4H3/t12-,15+,18-/m1/s1. The summed E-state index contributed by atoms with van der Waals surface area (Å²) in [5, 5.41) is 8.95. The van der Waals surface area contributed by atoms with Gasteiger partial charge in [-0.1, -0.05) is 13.8 Å². The molecule has 1 saturated heterocycles. The van der Waals surface area contributed by atoms with E-state index in [1.54, 1.807) is 13.0 Å². The molecular weight excluding hydrogens is 446 g/mol. The average Bonchev–Trinajstić information content (AvgIpc) is 3.21. The Morgan fingerprint density at radius 2 is 2.03 bits per heavy atom. The number of cyclic esters (lactones) is 1. The Hall–Kier alpha value is -1.87. The molecule has 0 radical (unpaired) electrons. The van der Waals surface area contributed by atoms with Crippen LogP contribution in [0.2, 0.25) is 0 Å². The summed E-state index contributed by atoms with van der Waals surface area (Å²) in [7, 11) is 0. The summed E-state index contributed by atoms with van der Waals surface area (Å²) in [6.45, 7) is 6.91. The van der Waals surface area contributed by atoms with Gasteiger partial charge in [0.1, 0.15) is 18.1 Å². The van der Waals surface area contributed by atoms with Gasteiger partial charge in [-0.2, -0.15) is 0 Å². The number of hydrogen-bond donors (Lipinski definition) is 1. The third-order valence-electron chi connectivity index (χ3n) is 4.92. The van der Waals surface area contributed by atoms with E-state index in [0.717, 1.165) is 11.3 Å². The Morgan fingerprint density at radius 1 is 1.34 bits per heavy atom. The molecule has 1 fully saturated rings. The smallest absolute Gasteiger partial charge is 0.416 e. The molecule has 2 rings (SSSR count). The Kier molecular flexibility index (Phi) is 8.27. The minimum Gasteiger partial charge on any atom is -0.461 e. The van der Waals surface area contributed by atoms with Crippen molar-refractivity contribution < 1.29 is 33.4 Å². The summed E-state index contributed by atoms with van der Waals surface area (Å²) in [6, 6.07) is 1.31. The number of imide groups is 1. The van der Waals surface area contributed by atoms with Crippen LogP contribution in [0.25, 0.3) is 0 Å². The highest BCUT2D eigenvalue weighted by Crippen LogP contribution is 2.35. The average molecular weight is 474 g/mol. The van der Waals surface area contributed by atoms with E-state index < -0.39 is 30.0 Å². The molecule has 1 aromatic rings. The molecule has 1 N–H and O–H groups in total. The molecular formula is C20H28BrNO7. The molecule has 1 aliphatic rings. The van der Waals surface area contributed by atoms with Gasteiger partial charge in [-0.05, 0) is 47.7 Å². The summed E-state index contributed by atoms with van der Waals surface area (Å²) >= 11 is 3.43. The van der Waals surface area contributed by atoms with Gasteiger partial charge in [0.2, 0.25) is 5.91 Å². The minimum atomic E-state index is -0.982. The first-order valence-electron chi connectivity index (χ1n) is 9.73. The number of halogens is 1. The normalized spacial score (nSPS) is 18.7. The third-order valence-corrected chi connectivity index (χ3v) is 5.59. The predicted octanol–water partition coefficient (Wildman–Crippen LogP) is 3.60. The predicted molar refractivity (Wildman–Crippen MR) is 107 cm³/mol. The summed E-state index contributed by atoms with van der Waals surface area (Å²) < 4.78 is 17.0. The van der Waals surface area contributed by atoms with E-state index in [4.69, 9.17) is 19.0 Å².